The van der Waals surface area contributed by atoms with Crippen LogP contribution in [0.25, 0.3) is 16.9 Å². The molecule has 2 aromatic heterocycles. The molecule has 0 spiro atoms. The van der Waals surface area contributed by atoms with Crippen LogP contribution < -0.4 is 5.73 Å². The average Bonchev–Trinajstić information content (AvgIpc) is 2.70. The van der Waals surface area contributed by atoms with Gasteiger partial charge in [-0.1, -0.05) is 6.07 Å². The number of imidazole rings is 1. The first-order chi connectivity index (χ1) is 8.66. The minimum absolute atomic E-state index is 0.228. The van der Waals surface area contributed by atoms with E-state index in [1.807, 2.05) is 34.7 Å². The van der Waals surface area contributed by atoms with Crippen molar-refractivity contribution in [1.29, 1.82) is 0 Å². The fourth-order valence-corrected chi connectivity index (χ4v) is 2.41. The van der Waals surface area contributed by atoms with E-state index in [0.29, 0.717) is 5.82 Å². The average molecular weight is 304 g/mol. The molecule has 0 fully saturated rings. The molecule has 0 saturated carbocycles. The van der Waals surface area contributed by atoms with E-state index in [9.17, 15) is 5.11 Å². The van der Waals surface area contributed by atoms with Crippen molar-refractivity contribution in [3.05, 3.63) is 47.1 Å². The highest BCUT2D eigenvalue weighted by Crippen LogP contribution is 2.29. The molecule has 0 amide bonds. The van der Waals surface area contributed by atoms with Gasteiger partial charge < -0.3 is 10.8 Å². The second kappa shape index (κ2) is 4.03. The molecule has 0 aliphatic carbocycles. The van der Waals surface area contributed by atoms with Gasteiger partial charge in [0.2, 0.25) is 0 Å². The largest absolute Gasteiger partial charge is 0.508 e. The maximum absolute atomic E-state index is 9.32. The lowest BCUT2D eigenvalue weighted by Crippen LogP contribution is -1.97. The highest BCUT2D eigenvalue weighted by molar-refractivity contribution is 9.10. The van der Waals surface area contributed by atoms with Crippen LogP contribution >= 0.6 is 15.9 Å². The number of aromatic hydroxyl groups is 1. The Bertz CT molecular complexity index is 719. The van der Waals surface area contributed by atoms with Gasteiger partial charge in [-0.05, 0) is 52.3 Å². The molecule has 0 saturated heterocycles. The molecule has 0 bridgehead atoms. The summed E-state index contributed by atoms with van der Waals surface area (Å²) in [5.74, 6) is 1.59. The Kier molecular flexibility index (Phi) is 2.48. The molecule has 4 nitrogen and oxygen atoms in total. The van der Waals surface area contributed by atoms with Crippen molar-refractivity contribution in [3.8, 4) is 17.1 Å². The topological polar surface area (TPSA) is 63.5 Å². The number of nitrogen functional groups attached to an aromatic ring is 1. The fourth-order valence-electron chi connectivity index (χ4n) is 1.93. The Hall–Kier alpha value is -2.01. The normalized spacial score (nSPS) is 10.9. The molecule has 3 N–H and O–H groups in total. The fraction of sp³-hybridized carbons (Fsp3) is 0. The number of anilines is 1. The van der Waals surface area contributed by atoms with Gasteiger partial charge in [-0.15, -0.1) is 0 Å². The van der Waals surface area contributed by atoms with Crippen LogP contribution in [0.3, 0.4) is 0 Å². The van der Waals surface area contributed by atoms with Crippen LogP contribution in [0.15, 0.2) is 47.1 Å². The molecule has 0 unspecified atom stereocenters. The predicted octanol–water partition coefficient (Wildman–Crippen LogP) is 3.05. The Morgan fingerprint density at radius 1 is 1.11 bits per heavy atom. The molecule has 0 aliphatic rings. The number of rotatable bonds is 1. The Labute approximate surface area is 112 Å². The smallest absolute Gasteiger partial charge is 0.147 e. The van der Waals surface area contributed by atoms with Crippen molar-refractivity contribution in [1.82, 2.24) is 9.38 Å². The highest BCUT2D eigenvalue weighted by Gasteiger charge is 2.12. The summed E-state index contributed by atoms with van der Waals surface area (Å²) >= 11 is 3.43. The first kappa shape index (κ1) is 11.1. The molecule has 90 valence electrons. The van der Waals surface area contributed by atoms with Gasteiger partial charge in [0.1, 0.15) is 22.0 Å². The number of benzene rings is 1. The lowest BCUT2D eigenvalue weighted by molar-refractivity contribution is 0.475. The van der Waals surface area contributed by atoms with Crippen LogP contribution in [0.1, 0.15) is 0 Å². The van der Waals surface area contributed by atoms with Crippen LogP contribution in [0.2, 0.25) is 0 Å². The summed E-state index contributed by atoms with van der Waals surface area (Å²) in [5.41, 5.74) is 7.80. The molecular formula is C13H10BrN3O. The third kappa shape index (κ3) is 1.64. The van der Waals surface area contributed by atoms with Crippen LogP contribution in [0, 0.1) is 0 Å². The molecular weight excluding hydrogens is 294 g/mol. The van der Waals surface area contributed by atoms with Crippen molar-refractivity contribution in [2.24, 2.45) is 0 Å². The van der Waals surface area contributed by atoms with Gasteiger partial charge in [0.15, 0.2) is 0 Å². The minimum Gasteiger partial charge on any atom is -0.508 e. The highest BCUT2D eigenvalue weighted by atomic mass is 79.9. The van der Waals surface area contributed by atoms with Crippen molar-refractivity contribution in [2.45, 2.75) is 0 Å². The monoisotopic (exact) mass is 303 g/mol. The third-order valence-electron chi connectivity index (χ3n) is 2.77. The molecule has 2 heterocycles. The molecule has 3 rings (SSSR count). The summed E-state index contributed by atoms with van der Waals surface area (Å²) in [5, 5.41) is 9.32. The number of hydrogen-bond acceptors (Lipinski definition) is 3. The number of fused-ring (bicyclic) bond motifs is 1. The van der Waals surface area contributed by atoms with Gasteiger partial charge in [-0.3, -0.25) is 4.40 Å². The van der Waals surface area contributed by atoms with Gasteiger partial charge in [-0.25, -0.2) is 4.98 Å². The molecule has 3 aromatic rings. The predicted molar refractivity (Wildman–Crippen MR) is 74.4 cm³/mol. The molecule has 0 aliphatic heterocycles. The number of pyridine rings is 1. The number of hydrogen-bond donors (Lipinski definition) is 2. The maximum Gasteiger partial charge on any atom is 0.147 e. The zero-order valence-corrected chi connectivity index (χ0v) is 10.9. The lowest BCUT2D eigenvalue weighted by Gasteiger charge is -2.04. The van der Waals surface area contributed by atoms with E-state index >= 15 is 0 Å². The van der Waals surface area contributed by atoms with Crippen molar-refractivity contribution in [2.75, 3.05) is 5.73 Å². The van der Waals surface area contributed by atoms with E-state index in [1.165, 1.54) is 0 Å². The van der Waals surface area contributed by atoms with E-state index in [0.717, 1.165) is 21.5 Å². The van der Waals surface area contributed by atoms with E-state index < -0.39 is 0 Å². The second-order valence-electron chi connectivity index (χ2n) is 3.94. The van der Waals surface area contributed by atoms with Crippen LogP contribution in [-0.4, -0.2) is 14.5 Å². The lowest BCUT2D eigenvalue weighted by atomic mass is 10.2. The summed E-state index contributed by atoms with van der Waals surface area (Å²) in [6, 6.07) is 12.5. The van der Waals surface area contributed by atoms with Gasteiger partial charge in [-0.2, -0.15) is 0 Å². The zero-order valence-electron chi connectivity index (χ0n) is 9.34. The quantitative estimate of drug-likeness (QED) is 0.726. The summed E-state index contributed by atoms with van der Waals surface area (Å²) in [4.78, 5) is 4.47. The second-order valence-corrected chi connectivity index (χ2v) is 4.70. The summed E-state index contributed by atoms with van der Waals surface area (Å²) in [6.45, 7) is 0. The SMILES string of the molecule is Nc1cccc2c(Br)nc(-c3ccc(O)cc3)n12. The third-order valence-corrected chi connectivity index (χ3v) is 3.36. The maximum atomic E-state index is 9.32. The number of halogens is 1. The molecule has 0 radical (unpaired) electrons. The molecule has 1 aromatic carbocycles. The van der Waals surface area contributed by atoms with E-state index in [1.54, 1.807) is 12.1 Å². The van der Waals surface area contributed by atoms with Gasteiger partial charge in [0.25, 0.3) is 0 Å². The van der Waals surface area contributed by atoms with Gasteiger partial charge >= 0.3 is 0 Å². The number of nitrogens with zero attached hydrogens (tertiary/aromatic N) is 2. The van der Waals surface area contributed by atoms with Crippen LogP contribution in [0.4, 0.5) is 5.82 Å². The van der Waals surface area contributed by atoms with E-state index in [4.69, 9.17) is 5.73 Å². The standard InChI is InChI=1S/C13H10BrN3O/c14-12-10-2-1-3-11(15)17(10)13(16-12)8-4-6-9(18)7-5-8/h1-7,18H,15H2. The number of phenols is 1. The Balaban J connectivity index is 2.32. The number of nitrogens with two attached hydrogens (primary N) is 1. The molecule has 5 heteroatoms. The molecule has 18 heavy (non-hydrogen) atoms. The zero-order chi connectivity index (χ0) is 12.7. The number of phenolic OH excluding ortho intramolecular Hbond substituents is 1. The van der Waals surface area contributed by atoms with E-state index in [2.05, 4.69) is 20.9 Å². The van der Waals surface area contributed by atoms with Gasteiger partial charge in [0, 0.05) is 5.56 Å². The van der Waals surface area contributed by atoms with Crippen LogP contribution in [0.5, 0.6) is 5.75 Å². The Morgan fingerprint density at radius 2 is 1.83 bits per heavy atom. The Morgan fingerprint density at radius 3 is 2.56 bits per heavy atom. The summed E-state index contributed by atoms with van der Waals surface area (Å²) < 4.78 is 2.62. The minimum atomic E-state index is 0.228. The summed E-state index contributed by atoms with van der Waals surface area (Å²) in [7, 11) is 0. The van der Waals surface area contributed by atoms with Gasteiger partial charge in [0.05, 0.1) is 5.52 Å². The van der Waals surface area contributed by atoms with E-state index in [-0.39, 0.29) is 5.75 Å². The van der Waals surface area contributed by atoms with Crippen molar-refractivity contribution in [3.63, 3.8) is 0 Å². The summed E-state index contributed by atoms with van der Waals surface area (Å²) in [6.07, 6.45) is 0. The van der Waals surface area contributed by atoms with Crippen molar-refractivity contribution < 1.29 is 5.11 Å². The van der Waals surface area contributed by atoms with Crippen LogP contribution in [-0.2, 0) is 0 Å². The van der Waals surface area contributed by atoms with Crippen molar-refractivity contribution >= 4 is 27.3 Å². The first-order valence-corrected chi connectivity index (χ1v) is 6.18. The first-order valence-electron chi connectivity index (χ1n) is 5.38. The number of aromatic nitrogens is 2. The molecule has 0 atom stereocenters.